The van der Waals surface area contributed by atoms with Crippen LogP contribution >= 0.6 is 27.3 Å². The van der Waals surface area contributed by atoms with E-state index in [1.165, 1.54) is 23.5 Å². The Morgan fingerprint density at radius 1 is 1.05 bits per heavy atom. The monoisotopic (exact) mass is 372 g/mol. The second-order valence-electron chi connectivity index (χ2n) is 4.33. The van der Waals surface area contributed by atoms with E-state index in [2.05, 4.69) is 26.2 Å². The zero-order valence-electron chi connectivity index (χ0n) is 10.4. The lowest BCUT2D eigenvalue weighted by Crippen LogP contribution is -2.04. The smallest absolute Gasteiger partial charge is 0.332 e. The zero-order chi connectivity index (χ0) is 15.0. The van der Waals surface area contributed by atoms with Crippen molar-refractivity contribution in [3.8, 4) is 0 Å². The predicted octanol–water partition coefficient (Wildman–Crippen LogP) is 5.82. The maximum Gasteiger partial charge on any atom is 0.416 e. The van der Waals surface area contributed by atoms with E-state index in [0.29, 0.717) is 10.8 Å². The highest BCUT2D eigenvalue weighted by Crippen LogP contribution is 2.32. The third kappa shape index (κ3) is 3.19. The van der Waals surface area contributed by atoms with Gasteiger partial charge in [-0.15, -0.1) is 0 Å². The van der Waals surface area contributed by atoms with E-state index in [-0.39, 0.29) is 0 Å². The summed E-state index contributed by atoms with van der Waals surface area (Å²) in [5.41, 5.74) is 0.742. The second kappa shape index (κ2) is 5.31. The van der Waals surface area contributed by atoms with Crippen LogP contribution in [0.4, 0.5) is 24.0 Å². The summed E-state index contributed by atoms with van der Waals surface area (Å²) in [5, 5.41) is 3.66. The van der Waals surface area contributed by atoms with Gasteiger partial charge >= 0.3 is 6.18 Å². The molecule has 3 rings (SSSR count). The Bertz CT molecular complexity index is 781. The Morgan fingerprint density at radius 3 is 2.43 bits per heavy atom. The van der Waals surface area contributed by atoms with Crippen LogP contribution in [0.3, 0.4) is 0 Å². The van der Waals surface area contributed by atoms with Crippen LogP contribution < -0.4 is 5.32 Å². The van der Waals surface area contributed by atoms with E-state index in [1.54, 1.807) is 0 Å². The minimum absolute atomic E-state index is 0.570. The van der Waals surface area contributed by atoms with Crippen LogP contribution in [0.2, 0.25) is 0 Å². The summed E-state index contributed by atoms with van der Waals surface area (Å²) in [4.78, 5) is 4.40. The average molecular weight is 373 g/mol. The fraction of sp³-hybridized carbons (Fsp3) is 0.0714. The number of fused-ring (bicyclic) bond motifs is 1. The fourth-order valence-electron chi connectivity index (χ4n) is 1.82. The molecule has 1 heterocycles. The van der Waals surface area contributed by atoms with Crippen molar-refractivity contribution in [1.29, 1.82) is 0 Å². The number of hydrogen-bond acceptors (Lipinski definition) is 3. The molecule has 0 aliphatic rings. The normalized spacial score (nSPS) is 11.8. The molecule has 2 aromatic carbocycles. The number of anilines is 2. The van der Waals surface area contributed by atoms with Gasteiger partial charge < -0.3 is 5.32 Å². The number of rotatable bonds is 2. The summed E-state index contributed by atoms with van der Waals surface area (Å²) >= 11 is 4.82. The van der Waals surface area contributed by atoms with Crippen LogP contribution in [0.5, 0.6) is 0 Å². The lowest BCUT2D eigenvalue weighted by Gasteiger charge is -2.07. The first-order chi connectivity index (χ1) is 9.91. The molecule has 0 radical (unpaired) electrons. The van der Waals surface area contributed by atoms with Crippen LogP contribution in [0.1, 0.15) is 5.56 Å². The summed E-state index contributed by atoms with van der Waals surface area (Å²) in [7, 11) is 0. The molecule has 7 heteroatoms. The van der Waals surface area contributed by atoms with E-state index >= 15 is 0 Å². The summed E-state index contributed by atoms with van der Waals surface area (Å²) < 4.78 is 39.4. The largest absolute Gasteiger partial charge is 0.416 e. The quantitative estimate of drug-likeness (QED) is 0.612. The highest BCUT2D eigenvalue weighted by atomic mass is 79.9. The van der Waals surface area contributed by atoms with Gasteiger partial charge in [0.05, 0.1) is 15.8 Å². The highest BCUT2D eigenvalue weighted by Gasteiger charge is 2.29. The summed E-state index contributed by atoms with van der Waals surface area (Å²) in [6, 6.07) is 10.6. The van der Waals surface area contributed by atoms with E-state index in [1.807, 2.05) is 18.2 Å². The Hall–Kier alpha value is -1.60. The Balaban J connectivity index is 1.84. The number of nitrogens with zero attached hydrogens (tertiary/aromatic N) is 1. The first-order valence-electron chi connectivity index (χ1n) is 5.92. The molecule has 0 fully saturated rings. The van der Waals surface area contributed by atoms with Crippen molar-refractivity contribution in [2.75, 3.05) is 5.32 Å². The van der Waals surface area contributed by atoms with Crippen molar-refractivity contribution in [1.82, 2.24) is 4.98 Å². The topological polar surface area (TPSA) is 24.9 Å². The number of nitrogens with one attached hydrogen (secondary N) is 1. The van der Waals surface area contributed by atoms with E-state index in [9.17, 15) is 13.2 Å². The van der Waals surface area contributed by atoms with Gasteiger partial charge in [0.25, 0.3) is 0 Å². The molecule has 0 atom stereocenters. The Labute approximate surface area is 130 Å². The van der Waals surface area contributed by atoms with Gasteiger partial charge in [0.1, 0.15) is 0 Å². The van der Waals surface area contributed by atoms with Gasteiger partial charge in [0, 0.05) is 10.2 Å². The summed E-state index contributed by atoms with van der Waals surface area (Å²) in [5.74, 6) is 0. The number of aromatic nitrogens is 1. The number of halogens is 4. The zero-order valence-corrected chi connectivity index (χ0v) is 12.8. The van der Waals surface area contributed by atoms with Gasteiger partial charge in [-0.3, -0.25) is 0 Å². The van der Waals surface area contributed by atoms with Gasteiger partial charge in [-0.05, 0) is 42.5 Å². The predicted molar refractivity (Wildman–Crippen MR) is 82.0 cm³/mol. The molecule has 0 amide bonds. The van der Waals surface area contributed by atoms with Crippen LogP contribution in [0, 0.1) is 0 Å². The maximum absolute atomic E-state index is 12.5. The molecule has 1 N–H and O–H groups in total. The minimum Gasteiger partial charge on any atom is -0.332 e. The molecule has 0 unspecified atom stereocenters. The summed E-state index contributed by atoms with van der Waals surface area (Å²) in [6.07, 6.45) is -4.32. The first kappa shape index (κ1) is 14.3. The molecule has 21 heavy (non-hydrogen) atoms. The fourth-order valence-corrected chi connectivity index (χ4v) is 3.04. The molecule has 0 saturated heterocycles. The van der Waals surface area contributed by atoms with E-state index < -0.39 is 11.7 Å². The van der Waals surface area contributed by atoms with Crippen LogP contribution in [-0.4, -0.2) is 4.98 Å². The van der Waals surface area contributed by atoms with Crippen molar-refractivity contribution in [3.05, 3.63) is 52.5 Å². The van der Waals surface area contributed by atoms with Gasteiger partial charge in [-0.2, -0.15) is 13.2 Å². The third-order valence-electron chi connectivity index (χ3n) is 2.81. The molecule has 0 bridgehead atoms. The van der Waals surface area contributed by atoms with Crippen molar-refractivity contribution < 1.29 is 13.2 Å². The highest BCUT2D eigenvalue weighted by molar-refractivity contribution is 9.10. The lowest BCUT2D eigenvalue weighted by molar-refractivity contribution is -0.137. The Morgan fingerprint density at radius 2 is 1.76 bits per heavy atom. The van der Waals surface area contributed by atoms with Gasteiger partial charge in [-0.25, -0.2) is 4.98 Å². The van der Waals surface area contributed by atoms with Crippen LogP contribution in [-0.2, 0) is 6.18 Å². The van der Waals surface area contributed by atoms with Crippen molar-refractivity contribution in [2.45, 2.75) is 6.18 Å². The van der Waals surface area contributed by atoms with Crippen LogP contribution in [0.15, 0.2) is 46.9 Å². The summed E-state index contributed by atoms with van der Waals surface area (Å²) in [6.45, 7) is 0. The number of thiazole rings is 1. The van der Waals surface area contributed by atoms with Gasteiger partial charge in [0.15, 0.2) is 5.13 Å². The molecule has 0 aliphatic heterocycles. The van der Waals surface area contributed by atoms with Crippen molar-refractivity contribution >= 4 is 48.3 Å². The van der Waals surface area contributed by atoms with Crippen LogP contribution in [0.25, 0.3) is 10.2 Å². The van der Waals surface area contributed by atoms with Gasteiger partial charge in [-0.1, -0.05) is 27.3 Å². The van der Waals surface area contributed by atoms with E-state index in [4.69, 9.17) is 0 Å². The molecule has 1 aromatic heterocycles. The molecule has 0 saturated carbocycles. The standard InChI is InChI=1S/C14H8BrF3N2S/c15-9-3-6-12-11(7-9)20-13(21-12)19-10-4-1-8(2-5-10)14(16,17)18/h1-7H,(H,19,20). The van der Waals surface area contributed by atoms with Gasteiger partial charge in [0.2, 0.25) is 0 Å². The number of hydrogen-bond donors (Lipinski definition) is 1. The first-order valence-corrected chi connectivity index (χ1v) is 7.53. The molecule has 0 spiro atoms. The molecule has 2 nitrogen and oxygen atoms in total. The third-order valence-corrected chi connectivity index (χ3v) is 4.26. The second-order valence-corrected chi connectivity index (χ2v) is 6.28. The molecule has 108 valence electrons. The molecule has 3 aromatic rings. The van der Waals surface area contributed by atoms with Crippen molar-refractivity contribution in [3.63, 3.8) is 0 Å². The van der Waals surface area contributed by atoms with Crippen molar-refractivity contribution in [2.24, 2.45) is 0 Å². The molecular weight excluding hydrogens is 365 g/mol. The van der Waals surface area contributed by atoms with E-state index in [0.717, 1.165) is 26.8 Å². The molecule has 0 aliphatic carbocycles. The maximum atomic E-state index is 12.5. The number of benzene rings is 2. The molecular formula is C14H8BrF3N2S. The lowest BCUT2D eigenvalue weighted by atomic mass is 10.2. The SMILES string of the molecule is FC(F)(F)c1ccc(Nc2nc3cc(Br)ccc3s2)cc1. The number of alkyl halides is 3. The Kier molecular flexibility index (Phi) is 3.62. The minimum atomic E-state index is -4.32. The average Bonchev–Trinajstić information content (AvgIpc) is 2.79.